The van der Waals surface area contributed by atoms with Gasteiger partial charge < -0.3 is 15.0 Å². The summed E-state index contributed by atoms with van der Waals surface area (Å²) in [5.74, 6) is 0.746. The van der Waals surface area contributed by atoms with Crippen molar-refractivity contribution in [2.45, 2.75) is 58.4 Å². The molecule has 0 radical (unpaired) electrons. The molecule has 0 amide bonds. The molecular weight excluding hydrogens is 248 g/mol. The Bertz CT molecular complexity index is 278. The molecule has 118 valence electrons. The van der Waals surface area contributed by atoms with Gasteiger partial charge >= 0.3 is 0 Å². The van der Waals surface area contributed by atoms with E-state index in [-0.39, 0.29) is 0 Å². The lowest BCUT2D eigenvalue weighted by atomic mass is 9.83. The maximum atomic E-state index is 5.36. The van der Waals surface area contributed by atoms with E-state index in [0.29, 0.717) is 5.41 Å². The first-order chi connectivity index (χ1) is 9.65. The maximum Gasteiger partial charge on any atom is 0.0502 e. The number of nitrogens with one attached hydrogen (secondary N) is 1. The summed E-state index contributed by atoms with van der Waals surface area (Å²) in [4.78, 5) is 2.69. The maximum absolute atomic E-state index is 5.36. The van der Waals surface area contributed by atoms with E-state index >= 15 is 0 Å². The first kappa shape index (κ1) is 16.3. The molecule has 0 aromatic carbocycles. The Kier molecular flexibility index (Phi) is 6.31. The Morgan fingerprint density at radius 1 is 1.30 bits per heavy atom. The summed E-state index contributed by atoms with van der Waals surface area (Å²) < 4.78 is 5.36. The zero-order valence-electron chi connectivity index (χ0n) is 13.8. The second kappa shape index (κ2) is 7.77. The predicted octanol–water partition coefficient (Wildman–Crippen LogP) is 2.90. The molecule has 2 aliphatic rings. The Hall–Kier alpha value is -0.120. The highest BCUT2D eigenvalue weighted by atomic mass is 16.5. The molecule has 2 fully saturated rings. The van der Waals surface area contributed by atoms with Gasteiger partial charge in [-0.3, -0.25) is 0 Å². The van der Waals surface area contributed by atoms with Gasteiger partial charge in [-0.2, -0.15) is 0 Å². The van der Waals surface area contributed by atoms with Crippen LogP contribution in [0, 0.1) is 11.3 Å². The summed E-state index contributed by atoms with van der Waals surface area (Å²) in [6.45, 7) is 10.7. The third-order valence-corrected chi connectivity index (χ3v) is 4.86. The lowest BCUT2D eigenvalue weighted by Crippen LogP contribution is -2.46. The third-order valence-electron chi connectivity index (χ3n) is 4.86. The third kappa shape index (κ3) is 5.34. The van der Waals surface area contributed by atoms with E-state index in [9.17, 15) is 0 Å². The smallest absolute Gasteiger partial charge is 0.0502 e. The molecular formula is C17H34N2O. The monoisotopic (exact) mass is 282 g/mol. The first-order valence-corrected chi connectivity index (χ1v) is 8.60. The average Bonchev–Trinajstić information content (AvgIpc) is 3.22. The Morgan fingerprint density at radius 2 is 2.10 bits per heavy atom. The Morgan fingerprint density at radius 3 is 2.75 bits per heavy atom. The summed E-state index contributed by atoms with van der Waals surface area (Å²) in [7, 11) is 1.83. The van der Waals surface area contributed by atoms with Crippen molar-refractivity contribution in [2.24, 2.45) is 11.3 Å². The van der Waals surface area contributed by atoms with Crippen molar-refractivity contribution in [3.8, 4) is 0 Å². The van der Waals surface area contributed by atoms with Crippen LogP contribution < -0.4 is 5.32 Å². The number of hydrogen-bond acceptors (Lipinski definition) is 3. The van der Waals surface area contributed by atoms with Crippen molar-refractivity contribution in [1.82, 2.24) is 10.2 Å². The highest BCUT2D eigenvalue weighted by Gasteiger charge is 2.31. The molecule has 1 saturated heterocycles. The molecule has 3 nitrogen and oxygen atoms in total. The lowest BCUT2D eigenvalue weighted by molar-refractivity contribution is 0.0636. The molecule has 1 heterocycles. The molecule has 3 heteroatoms. The van der Waals surface area contributed by atoms with E-state index in [0.717, 1.165) is 18.6 Å². The van der Waals surface area contributed by atoms with Crippen LogP contribution in [0.1, 0.15) is 52.4 Å². The van der Waals surface area contributed by atoms with Crippen LogP contribution in [0.3, 0.4) is 0 Å². The summed E-state index contributed by atoms with van der Waals surface area (Å²) in [6, 6.07) is 0.828. The number of methoxy groups -OCH3 is 1. The van der Waals surface area contributed by atoms with Gasteiger partial charge in [-0.05, 0) is 50.0 Å². The highest BCUT2D eigenvalue weighted by molar-refractivity contribution is 4.88. The quantitative estimate of drug-likeness (QED) is 0.704. The van der Waals surface area contributed by atoms with E-state index in [1.54, 1.807) is 0 Å². The zero-order valence-corrected chi connectivity index (χ0v) is 13.8. The van der Waals surface area contributed by atoms with Gasteiger partial charge in [-0.25, -0.2) is 0 Å². The van der Waals surface area contributed by atoms with E-state index in [1.165, 1.54) is 64.7 Å². The molecule has 2 atom stereocenters. The average molecular weight is 282 g/mol. The van der Waals surface area contributed by atoms with Crippen LogP contribution in [0.4, 0.5) is 0 Å². The Balaban J connectivity index is 1.81. The number of hydrogen-bond donors (Lipinski definition) is 1. The fraction of sp³-hybridized carbons (Fsp3) is 1.00. The van der Waals surface area contributed by atoms with Gasteiger partial charge in [0, 0.05) is 32.8 Å². The predicted molar refractivity (Wildman–Crippen MR) is 85.1 cm³/mol. The number of ether oxygens (including phenoxy) is 1. The van der Waals surface area contributed by atoms with Crippen LogP contribution in [-0.2, 0) is 4.74 Å². The van der Waals surface area contributed by atoms with Crippen molar-refractivity contribution in [2.75, 3.05) is 39.9 Å². The normalized spacial score (nSPS) is 27.4. The molecule has 2 rings (SSSR count). The Labute approximate surface area is 125 Å². The van der Waals surface area contributed by atoms with E-state index in [1.807, 2.05) is 7.11 Å². The fourth-order valence-corrected chi connectivity index (χ4v) is 3.71. The van der Waals surface area contributed by atoms with Crippen LogP contribution >= 0.6 is 0 Å². The summed E-state index contributed by atoms with van der Waals surface area (Å²) >= 11 is 0. The minimum atomic E-state index is 0.437. The summed E-state index contributed by atoms with van der Waals surface area (Å²) in [5, 5.41) is 3.76. The fourth-order valence-electron chi connectivity index (χ4n) is 3.71. The van der Waals surface area contributed by atoms with Crippen LogP contribution in [0.2, 0.25) is 0 Å². The van der Waals surface area contributed by atoms with Crippen molar-refractivity contribution in [1.29, 1.82) is 0 Å². The molecule has 0 bridgehead atoms. The molecule has 0 spiro atoms. The van der Waals surface area contributed by atoms with Crippen LogP contribution in [0.5, 0.6) is 0 Å². The number of likely N-dealkylation sites (tertiary alicyclic amines) is 1. The van der Waals surface area contributed by atoms with Crippen molar-refractivity contribution >= 4 is 0 Å². The topological polar surface area (TPSA) is 24.5 Å². The largest absolute Gasteiger partial charge is 0.384 e. The molecule has 1 N–H and O–H groups in total. The zero-order chi connectivity index (χ0) is 14.4. The van der Waals surface area contributed by atoms with Crippen LogP contribution in [-0.4, -0.2) is 50.8 Å². The van der Waals surface area contributed by atoms with E-state index < -0.39 is 0 Å². The van der Waals surface area contributed by atoms with Crippen molar-refractivity contribution < 1.29 is 4.74 Å². The SMILES string of the molecule is CCCC(C)(CNC1CC1)CN1CCCC(COC)C1. The number of rotatable bonds is 9. The molecule has 1 saturated carbocycles. The van der Waals surface area contributed by atoms with Gasteiger partial charge in [0.05, 0.1) is 6.61 Å². The van der Waals surface area contributed by atoms with Crippen molar-refractivity contribution in [3.05, 3.63) is 0 Å². The molecule has 2 unspecified atom stereocenters. The summed E-state index contributed by atoms with van der Waals surface area (Å²) in [6.07, 6.45) is 8.08. The van der Waals surface area contributed by atoms with Crippen LogP contribution in [0.15, 0.2) is 0 Å². The van der Waals surface area contributed by atoms with Gasteiger partial charge in [-0.15, -0.1) is 0 Å². The van der Waals surface area contributed by atoms with Gasteiger partial charge in [0.15, 0.2) is 0 Å². The highest BCUT2D eigenvalue weighted by Crippen LogP contribution is 2.29. The van der Waals surface area contributed by atoms with Gasteiger partial charge in [-0.1, -0.05) is 20.3 Å². The lowest BCUT2D eigenvalue weighted by Gasteiger charge is -2.40. The minimum Gasteiger partial charge on any atom is -0.384 e. The van der Waals surface area contributed by atoms with Gasteiger partial charge in [0.25, 0.3) is 0 Å². The molecule has 1 aliphatic carbocycles. The second-order valence-electron chi connectivity index (χ2n) is 7.41. The van der Waals surface area contributed by atoms with Crippen LogP contribution in [0.25, 0.3) is 0 Å². The summed E-state index contributed by atoms with van der Waals surface area (Å²) in [5.41, 5.74) is 0.437. The molecule has 1 aliphatic heterocycles. The number of nitrogens with zero attached hydrogens (tertiary/aromatic N) is 1. The molecule has 20 heavy (non-hydrogen) atoms. The molecule has 0 aromatic heterocycles. The van der Waals surface area contributed by atoms with Gasteiger partial charge in [0.2, 0.25) is 0 Å². The minimum absolute atomic E-state index is 0.437. The van der Waals surface area contributed by atoms with E-state index in [4.69, 9.17) is 4.74 Å². The van der Waals surface area contributed by atoms with Gasteiger partial charge in [0.1, 0.15) is 0 Å². The van der Waals surface area contributed by atoms with Crippen molar-refractivity contribution in [3.63, 3.8) is 0 Å². The first-order valence-electron chi connectivity index (χ1n) is 8.60. The molecule has 0 aromatic rings. The van der Waals surface area contributed by atoms with E-state index in [2.05, 4.69) is 24.1 Å². The number of piperidine rings is 1. The standard InChI is InChI=1S/C17H34N2O/c1-4-9-17(2,13-18-16-7-8-16)14-19-10-5-6-15(11-19)12-20-3/h15-16,18H,4-14H2,1-3H3. The second-order valence-corrected chi connectivity index (χ2v) is 7.41.